The van der Waals surface area contributed by atoms with Gasteiger partial charge >= 0.3 is 0 Å². The number of rotatable bonds is 3. The number of piperidine rings is 1. The molecule has 4 heteroatoms. The maximum absolute atomic E-state index is 8.56. The van der Waals surface area contributed by atoms with E-state index < -0.39 is 0 Å². The zero-order valence-corrected chi connectivity index (χ0v) is 14.6. The van der Waals surface area contributed by atoms with Crippen LogP contribution in [-0.4, -0.2) is 29.0 Å². The van der Waals surface area contributed by atoms with Gasteiger partial charge in [0.05, 0.1) is 12.2 Å². The average Bonchev–Trinajstić information content (AvgIpc) is 2.40. The fraction of sp³-hybridized carbons (Fsp3) is 0.625. The van der Waals surface area contributed by atoms with Gasteiger partial charge in [-0.1, -0.05) is 19.3 Å². The van der Waals surface area contributed by atoms with E-state index in [0.29, 0.717) is 12.5 Å². The predicted molar refractivity (Wildman–Crippen MR) is 78.1 cm³/mol. The summed E-state index contributed by atoms with van der Waals surface area (Å²) >= 11 is 0. The number of hydrogen-bond donors (Lipinski definition) is 2. The first-order chi connectivity index (χ1) is 9.09. The van der Waals surface area contributed by atoms with Crippen LogP contribution in [0.1, 0.15) is 51.1 Å². The minimum Gasteiger partial charge on any atom is -0.657 e. The first-order valence-electron chi connectivity index (χ1n) is 7.09. The summed E-state index contributed by atoms with van der Waals surface area (Å²) < 4.78 is 0. The molecule has 1 heterocycles. The van der Waals surface area contributed by atoms with E-state index in [1.54, 1.807) is 13.8 Å². The van der Waals surface area contributed by atoms with Gasteiger partial charge in [0.15, 0.2) is 0 Å². The largest absolute Gasteiger partial charge is 0.657 e. The van der Waals surface area contributed by atoms with Crippen LogP contribution < -0.4 is 0 Å². The molecule has 0 saturated carbocycles. The SMILES string of the molecule is CC(O)CC(C)O.[Ir].[c-]1ccccc1C1CCCC[N-]1. The molecule has 1 aliphatic heterocycles. The van der Waals surface area contributed by atoms with Crippen LogP contribution >= 0.6 is 0 Å². The van der Waals surface area contributed by atoms with E-state index >= 15 is 0 Å². The molecule has 117 valence electrons. The summed E-state index contributed by atoms with van der Waals surface area (Å²) in [5.41, 5.74) is 1.26. The quantitative estimate of drug-likeness (QED) is 0.688. The van der Waals surface area contributed by atoms with Crippen molar-refractivity contribution in [1.29, 1.82) is 0 Å². The Morgan fingerprint density at radius 3 is 2.35 bits per heavy atom. The average molecular weight is 456 g/mol. The molecule has 1 radical (unpaired) electrons. The van der Waals surface area contributed by atoms with Crippen molar-refractivity contribution >= 4 is 0 Å². The molecule has 1 saturated heterocycles. The van der Waals surface area contributed by atoms with E-state index in [-0.39, 0.29) is 32.3 Å². The van der Waals surface area contributed by atoms with Gasteiger partial charge in [-0.25, -0.2) is 0 Å². The van der Waals surface area contributed by atoms with E-state index in [1.807, 2.05) is 12.1 Å². The van der Waals surface area contributed by atoms with Crippen LogP contribution in [0.25, 0.3) is 5.32 Å². The van der Waals surface area contributed by atoms with Crippen LogP contribution in [0.15, 0.2) is 24.3 Å². The van der Waals surface area contributed by atoms with Crippen LogP contribution in [0.5, 0.6) is 0 Å². The molecule has 1 aromatic carbocycles. The van der Waals surface area contributed by atoms with Crippen molar-refractivity contribution in [2.75, 3.05) is 6.54 Å². The van der Waals surface area contributed by atoms with Gasteiger partial charge in [-0.15, -0.1) is 12.6 Å². The molecule has 0 amide bonds. The van der Waals surface area contributed by atoms with Gasteiger partial charge in [0.1, 0.15) is 0 Å². The Hall–Kier alpha value is -0.251. The third kappa shape index (κ3) is 8.83. The summed E-state index contributed by atoms with van der Waals surface area (Å²) in [7, 11) is 0. The summed E-state index contributed by atoms with van der Waals surface area (Å²) in [6.45, 7) is 4.35. The summed E-state index contributed by atoms with van der Waals surface area (Å²) in [6, 6.07) is 11.8. The molecule has 3 nitrogen and oxygen atoms in total. The Kier molecular flexibility index (Phi) is 11.3. The van der Waals surface area contributed by atoms with Crippen LogP contribution in [0.4, 0.5) is 0 Å². The first-order valence-corrected chi connectivity index (χ1v) is 7.09. The second-order valence-corrected chi connectivity index (χ2v) is 5.17. The fourth-order valence-corrected chi connectivity index (χ4v) is 2.15. The third-order valence-corrected chi connectivity index (χ3v) is 3.01. The molecule has 0 aliphatic carbocycles. The minimum atomic E-state index is -0.375. The fourth-order valence-electron chi connectivity index (χ4n) is 2.15. The standard InChI is InChI=1S/C11H13N.C5H12O2.Ir/c1-2-6-10(7-3-1)11-8-4-5-9-12-11;1-4(6)3-5(2)7;/h1-3,6,11H,4-5,8-9H2;4-7H,3H2,1-2H3;/q-2;;. The molecule has 0 spiro atoms. The van der Waals surface area contributed by atoms with Crippen molar-refractivity contribution in [3.63, 3.8) is 0 Å². The number of hydrogen-bond acceptors (Lipinski definition) is 2. The minimum absolute atomic E-state index is 0. The Labute approximate surface area is 136 Å². The van der Waals surface area contributed by atoms with Gasteiger partial charge in [-0.2, -0.15) is 35.9 Å². The Bertz CT molecular complexity index is 319. The van der Waals surface area contributed by atoms with Crippen LogP contribution in [0.3, 0.4) is 0 Å². The zero-order valence-electron chi connectivity index (χ0n) is 12.3. The Balaban J connectivity index is 0.000000396. The van der Waals surface area contributed by atoms with Crippen molar-refractivity contribution in [3.05, 3.63) is 41.2 Å². The molecule has 20 heavy (non-hydrogen) atoms. The molecule has 2 rings (SSSR count). The predicted octanol–water partition coefficient (Wildman–Crippen LogP) is 3.22. The smallest absolute Gasteiger partial charge is 0.0536 e. The third-order valence-electron chi connectivity index (χ3n) is 3.01. The maximum atomic E-state index is 8.56. The topological polar surface area (TPSA) is 54.6 Å². The monoisotopic (exact) mass is 456 g/mol. The van der Waals surface area contributed by atoms with Crippen LogP contribution in [-0.2, 0) is 20.1 Å². The summed E-state index contributed by atoms with van der Waals surface area (Å²) in [5, 5.41) is 21.7. The summed E-state index contributed by atoms with van der Waals surface area (Å²) in [5.74, 6) is 0. The first kappa shape index (κ1) is 19.7. The molecular weight excluding hydrogens is 430 g/mol. The van der Waals surface area contributed by atoms with Crippen molar-refractivity contribution in [3.8, 4) is 0 Å². The molecule has 1 aromatic rings. The normalized spacial score (nSPS) is 20.9. The van der Waals surface area contributed by atoms with Gasteiger partial charge < -0.3 is 15.5 Å². The molecule has 0 aromatic heterocycles. The summed E-state index contributed by atoms with van der Waals surface area (Å²) in [4.78, 5) is 0. The summed E-state index contributed by atoms with van der Waals surface area (Å²) in [6.07, 6.45) is 3.51. The Morgan fingerprint density at radius 1 is 1.25 bits per heavy atom. The van der Waals surface area contributed by atoms with Gasteiger partial charge in [-0.3, -0.25) is 0 Å². The maximum Gasteiger partial charge on any atom is 0.0536 e. The second kappa shape index (κ2) is 11.4. The molecule has 3 unspecified atom stereocenters. The van der Waals surface area contributed by atoms with Crippen molar-refractivity contribution < 1.29 is 30.3 Å². The second-order valence-electron chi connectivity index (χ2n) is 5.17. The van der Waals surface area contributed by atoms with Gasteiger partial charge in [0.2, 0.25) is 0 Å². The van der Waals surface area contributed by atoms with Crippen LogP contribution in [0.2, 0.25) is 0 Å². The number of benzene rings is 1. The molecule has 3 atom stereocenters. The molecule has 0 bridgehead atoms. The van der Waals surface area contributed by atoms with Crippen molar-refractivity contribution in [2.24, 2.45) is 0 Å². The molecule has 2 N–H and O–H groups in total. The Morgan fingerprint density at radius 2 is 1.95 bits per heavy atom. The zero-order chi connectivity index (χ0) is 14.1. The van der Waals surface area contributed by atoms with E-state index in [4.69, 9.17) is 10.2 Å². The van der Waals surface area contributed by atoms with Crippen LogP contribution in [0, 0.1) is 6.07 Å². The number of aliphatic hydroxyl groups excluding tert-OH is 2. The van der Waals surface area contributed by atoms with Gasteiger partial charge in [0, 0.05) is 20.1 Å². The molecule has 1 aliphatic rings. The molecule has 1 fully saturated rings. The van der Waals surface area contributed by atoms with E-state index in [1.165, 1.54) is 24.8 Å². The van der Waals surface area contributed by atoms with E-state index in [2.05, 4.69) is 23.5 Å². The number of nitrogens with zero attached hydrogens (tertiary/aromatic N) is 1. The van der Waals surface area contributed by atoms with Crippen molar-refractivity contribution in [2.45, 2.75) is 57.8 Å². The van der Waals surface area contributed by atoms with E-state index in [9.17, 15) is 0 Å². The van der Waals surface area contributed by atoms with E-state index in [0.717, 1.165) is 6.54 Å². The number of aliphatic hydroxyl groups is 2. The molecular formula is C16H25IrNO2-2. The van der Waals surface area contributed by atoms with Gasteiger partial charge in [-0.05, 0) is 20.3 Å². The van der Waals surface area contributed by atoms with Gasteiger partial charge in [0.25, 0.3) is 0 Å². The van der Waals surface area contributed by atoms with Crippen molar-refractivity contribution in [1.82, 2.24) is 0 Å².